The first-order valence-corrected chi connectivity index (χ1v) is 10.9. The fourth-order valence-electron chi connectivity index (χ4n) is 3.22. The number of nitrogens with zero attached hydrogens (tertiary/aromatic N) is 3. The zero-order valence-corrected chi connectivity index (χ0v) is 18.0. The Hall–Kier alpha value is -2.92. The summed E-state index contributed by atoms with van der Waals surface area (Å²) < 4.78 is 30.6. The van der Waals surface area contributed by atoms with Crippen LogP contribution in [-0.4, -0.2) is 31.3 Å². The van der Waals surface area contributed by atoms with Crippen LogP contribution < -0.4 is 38.2 Å². The Labute approximate surface area is 182 Å². The molecule has 1 aromatic heterocycles. The summed E-state index contributed by atoms with van der Waals surface area (Å²) in [7, 11) is -2.63. The van der Waals surface area contributed by atoms with Gasteiger partial charge in [0.25, 0.3) is 0 Å². The van der Waals surface area contributed by atoms with E-state index >= 15 is 0 Å². The van der Waals surface area contributed by atoms with Crippen LogP contribution in [0.15, 0.2) is 40.3 Å². The molecule has 0 aliphatic carbocycles. The molecular weight excluding hydrogens is 444 g/mol. The number of nitrogens with one attached hydrogen (secondary N) is 2. The third-order valence-corrected chi connectivity index (χ3v) is 5.84. The van der Waals surface area contributed by atoms with Crippen LogP contribution in [0, 0.1) is 0 Å². The minimum Gasteiger partial charge on any atom is -0.382 e. The lowest BCUT2D eigenvalue weighted by Crippen LogP contribution is -2.27. The summed E-state index contributed by atoms with van der Waals surface area (Å²) in [5.74, 6) is 11.0. The molecule has 0 unspecified atom stereocenters. The number of anilines is 1. The molecule has 2 aromatic carbocycles. The molecule has 3 rings (SSSR count). The number of imidazole rings is 1. The van der Waals surface area contributed by atoms with Crippen molar-refractivity contribution in [2.45, 2.75) is 11.4 Å². The van der Waals surface area contributed by atoms with Gasteiger partial charge in [0.1, 0.15) is 22.9 Å². The minimum absolute atomic E-state index is 0.0959. The van der Waals surface area contributed by atoms with E-state index in [0.717, 1.165) is 5.52 Å². The molecule has 0 saturated heterocycles. The topological polar surface area (TPSA) is 230 Å². The fourth-order valence-corrected chi connectivity index (χ4v) is 4.44. The number of fused-ring (bicyclic) bond motifs is 1. The average molecular weight is 467 g/mol. The summed E-state index contributed by atoms with van der Waals surface area (Å²) >= 11 is 0.670. The Kier molecular flexibility index (Phi) is 6.65. The molecule has 0 fully saturated rings. The van der Waals surface area contributed by atoms with Gasteiger partial charge >= 0.3 is 0 Å². The number of hydrazine groups is 1. The fraction of sp³-hybridized carbons (Fsp3) is 0.125. The van der Waals surface area contributed by atoms with Crippen LogP contribution >= 0.6 is 12.2 Å². The highest BCUT2D eigenvalue weighted by Crippen LogP contribution is 2.39. The van der Waals surface area contributed by atoms with Gasteiger partial charge in [0.05, 0.1) is 28.8 Å². The molecule has 0 aliphatic rings. The van der Waals surface area contributed by atoms with Crippen molar-refractivity contribution in [3.63, 3.8) is 0 Å². The first kappa shape index (κ1) is 22.8. The summed E-state index contributed by atoms with van der Waals surface area (Å²) in [4.78, 5) is 7.44. The van der Waals surface area contributed by atoms with Crippen LogP contribution in [-0.2, 0) is 20.9 Å². The predicted molar refractivity (Wildman–Crippen MR) is 120 cm³/mol. The van der Waals surface area contributed by atoms with E-state index in [1.807, 2.05) is 12.1 Å². The van der Waals surface area contributed by atoms with Crippen LogP contribution in [0.1, 0.15) is 11.4 Å². The maximum absolute atomic E-state index is 12.3. The number of rotatable bonds is 8. The predicted octanol–water partition coefficient (Wildman–Crippen LogP) is -0.691. The van der Waals surface area contributed by atoms with Crippen molar-refractivity contribution in [2.24, 2.45) is 33.4 Å². The number of sulfonamides is 1. The maximum Gasteiger partial charge on any atom is 0.240 e. The molecule has 31 heavy (non-hydrogen) atoms. The minimum atomic E-state index is -4.16. The van der Waals surface area contributed by atoms with Crippen LogP contribution in [0.4, 0.5) is 5.69 Å². The number of benzene rings is 2. The molecule has 0 amide bonds. The zero-order valence-electron chi connectivity index (χ0n) is 16.4. The Bertz CT molecular complexity index is 1240. The maximum atomic E-state index is 12.3. The molecule has 0 aliphatic heterocycles. The number of para-hydroxylation sites is 1. The van der Waals surface area contributed by atoms with Gasteiger partial charge in [-0.15, -0.1) is 5.10 Å². The van der Waals surface area contributed by atoms with Gasteiger partial charge in [-0.2, -0.15) is 0 Å². The lowest BCUT2D eigenvalue weighted by molar-refractivity contribution is 0.397. The first-order chi connectivity index (χ1) is 14.7. The lowest BCUT2D eigenvalue weighted by atomic mass is 9.96. The van der Waals surface area contributed by atoms with Crippen molar-refractivity contribution < 1.29 is 12.7 Å². The average Bonchev–Trinajstić information content (AvgIpc) is 3.16. The number of hydrogen-bond acceptors (Lipinski definition) is 11. The monoisotopic (exact) mass is 466 g/mol. The van der Waals surface area contributed by atoms with E-state index in [9.17, 15) is 8.42 Å². The van der Waals surface area contributed by atoms with Gasteiger partial charge in [0.2, 0.25) is 10.0 Å². The summed E-state index contributed by atoms with van der Waals surface area (Å²) in [6.07, 6.45) is 0. The van der Waals surface area contributed by atoms with Crippen molar-refractivity contribution in [1.29, 1.82) is 0 Å². The smallest absolute Gasteiger partial charge is 0.240 e. The molecule has 0 radical (unpaired) electrons. The second-order valence-electron chi connectivity index (χ2n) is 6.26. The van der Waals surface area contributed by atoms with E-state index in [2.05, 4.69) is 24.9 Å². The number of aromatic nitrogens is 2. The quantitative estimate of drug-likeness (QED) is 0.0548. The van der Waals surface area contributed by atoms with Gasteiger partial charge in [0.15, 0.2) is 5.84 Å². The molecule has 15 heteroatoms. The molecule has 0 atom stereocenters. The van der Waals surface area contributed by atoms with Gasteiger partial charge in [-0.25, -0.2) is 40.1 Å². The standard InChI is InChI=1S/C16H22N10O3S2/c1-26(30-29-20)15-11(31(21,27)28)6-5-8(13(15)16(18)24-25-19)9-3-2-4-10-14(9)23-12(7-17)22-10/h2-6,25H,7,17,19-20H2,1H3,(H2,18,24)(H,22,23)(H2,21,27,28). The SMILES string of the molecule is CN(SON)c1c(S(N)(=O)=O)ccc(-c2cccc3[nH]c(CN)nc23)c1/C(N)=N/NN. The first-order valence-electron chi connectivity index (χ1n) is 8.67. The van der Waals surface area contributed by atoms with E-state index in [4.69, 9.17) is 28.3 Å². The van der Waals surface area contributed by atoms with E-state index in [0.29, 0.717) is 34.7 Å². The number of aromatic amines is 1. The van der Waals surface area contributed by atoms with Crippen LogP contribution in [0.25, 0.3) is 22.2 Å². The summed E-state index contributed by atoms with van der Waals surface area (Å²) in [5, 5.41) is 9.29. The van der Waals surface area contributed by atoms with Crippen molar-refractivity contribution in [2.75, 3.05) is 11.4 Å². The normalized spacial score (nSPS) is 12.4. The number of hydrogen-bond donors (Lipinski definition) is 7. The summed E-state index contributed by atoms with van der Waals surface area (Å²) in [6, 6.07) is 8.37. The van der Waals surface area contributed by atoms with E-state index in [-0.39, 0.29) is 28.5 Å². The lowest BCUT2D eigenvalue weighted by Gasteiger charge is -2.24. The van der Waals surface area contributed by atoms with Crippen molar-refractivity contribution in [3.05, 3.63) is 41.7 Å². The molecular formula is C16H22N10O3S2. The highest BCUT2D eigenvalue weighted by molar-refractivity contribution is 7.96. The number of primary sulfonamides is 1. The number of hydrazone groups is 1. The Morgan fingerprint density at radius 2 is 2.06 bits per heavy atom. The van der Waals surface area contributed by atoms with E-state index in [1.165, 1.54) is 17.4 Å². The largest absolute Gasteiger partial charge is 0.382 e. The Morgan fingerprint density at radius 1 is 1.32 bits per heavy atom. The van der Waals surface area contributed by atoms with Gasteiger partial charge in [-0.3, -0.25) is 4.31 Å². The number of nitrogens with two attached hydrogens (primary N) is 5. The molecule has 3 aromatic rings. The van der Waals surface area contributed by atoms with E-state index < -0.39 is 10.0 Å². The number of H-pyrrole nitrogens is 1. The molecule has 0 saturated carbocycles. The molecule has 13 nitrogen and oxygen atoms in total. The summed E-state index contributed by atoms with van der Waals surface area (Å²) in [6.45, 7) is 0.213. The van der Waals surface area contributed by atoms with Crippen molar-refractivity contribution in [3.8, 4) is 11.1 Å². The zero-order chi connectivity index (χ0) is 22.8. The second-order valence-corrected chi connectivity index (χ2v) is 8.68. The molecule has 0 bridgehead atoms. The van der Waals surface area contributed by atoms with Crippen LogP contribution in [0.5, 0.6) is 0 Å². The molecule has 12 N–H and O–H groups in total. The number of amidine groups is 1. The summed E-state index contributed by atoms with van der Waals surface area (Å²) in [5.41, 5.74) is 16.8. The van der Waals surface area contributed by atoms with Crippen LogP contribution in [0.3, 0.4) is 0 Å². The van der Waals surface area contributed by atoms with Gasteiger partial charge in [-0.05, 0) is 17.7 Å². The van der Waals surface area contributed by atoms with Gasteiger partial charge in [-0.1, -0.05) is 18.2 Å². The Balaban J connectivity index is 2.45. The third-order valence-electron chi connectivity index (χ3n) is 4.40. The highest BCUT2D eigenvalue weighted by Gasteiger charge is 2.27. The van der Waals surface area contributed by atoms with Gasteiger partial charge < -0.3 is 16.5 Å². The van der Waals surface area contributed by atoms with Crippen LogP contribution in [0.2, 0.25) is 0 Å². The van der Waals surface area contributed by atoms with E-state index in [1.54, 1.807) is 12.1 Å². The van der Waals surface area contributed by atoms with Crippen molar-refractivity contribution in [1.82, 2.24) is 15.5 Å². The highest BCUT2D eigenvalue weighted by atomic mass is 32.2. The van der Waals surface area contributed by atoms with Crippen molar-refractivity contribution >= 4 is 44.8 Å². The Morgan fingerprint density at radius 3 is 2.68 bits per heavy atom. The molecule has 166 valence electrons. The molecule has 0 spiro atoms. The molecule has 1 heterocycles. The van der Waals surface area contributed by atoms with Gasteiger partial charge in [0, 0.05) is 12.6 Å². The third kappa shape index (κ3) is 4.42. The second kappa shape index (κ2) is 9.06.